The van der Waals surface area contributed by atoms with E-state index >= 15 is 0 Å². The Morgan fingerprint density at radius 1 is 1.02 bits per heavy atom. The van der Waals surface area contributed by atoms with Gasteiger partial charge in [-0.2, -0.15) is 26.3 Å². The number of hydrogen-bond donors (Lipinski definition) is 3. The first-order valence-corrected chi connectivity index (χ1v) is 19.2. The van der Waals surface area contributed by atoms with Gasteiger partial charge in [0, 0.05) is 68.4 Å². The van der Waals surface area contributed by atoms with E-state index in [9.17, 15) is 34.8 Å². The number of ether oxygens (including phenoxy) is 1. The molecule has 12 nitrogen and oxygen atoms in total. The number of aromatic amines is 1. The Morgan fingerprint density at radius 2 is 1.64 bits per heavy atom. The molecule has 2 aliphatic heterocycles. The molecule has 0 radical (unpaired) electrons. The lowest BCUT2D eigenvalue weighted by Gasteiger charge is -2.35. The number of anilines is 1. The molecule has 0 aliphatic carbocycles. The van der Waals surface area contributed by atoms with Gasteiger partial charge in [-0.05, 0) is 50.3 Å². The molecule has 0 spiro atoms. The molecule has 1 unspecified atom stereocenters. The number of carboxylic acids is 2. The van der Waals surface area contributed by atoms with E-state index < -0.39 is 34.3 Å². The third kappa shape index (κ3) is 11.4. The number of rotatable bonds is 9. The quantitative estimate of drug-likeness (QED) is 0.159. The molecule has 21 heteroatoms. The molecule has 1 atom stereocenters. The Morgan fingerprint density at radius 3 is 2.17 bits per heavy atom. The minimum absolute atomic E-state index is 0.243. The lowest BCUT2D eigenvalue weighted by Crippen LogP contribution is -2.47. The molecule has 3 aromatic heterocycles. The number of H-pyrrole nitrogens is 1. The number of carboxylic acid groups (broad SMARTS) is 2. The van der Waals surface area contributed by atoms with Gasteiger partial charge in [-0.25, -0.2) is 23.0 Å². The molecule has 53 heavy (non-hydrogen) atoms. The lowest BCUT2D eigenvalue weighted by molar-refractivity contribution is -0.193. The van der Waals surface area contributed by atoms with Crippen LogP contribution in [0.1, 0.15) is 31.6 Å². The largest absolute Gasteiger partial charge is 0.490 e. The van der Waals surface area contributed by atoms with Crippen molar-refractivity contribution in [1.82, 2.24) is 19.8 Å². The lowest BCUT2D eigenvalue weighted by atomic mass is 10.2. The number of piperazine rings is 1. The fourth-order valence-electron chi connectivity index (χ4n) is 5.56. The number of nitrogens with zero attached hydrogens (tertiary/aromatic N) is 4. The van der Waals surface area contributed by atoms with Gasteiger partial charge in [0.15, 0.2) is 0 Å². The van der Waals surface area contributed by atoms with Crippen molar-refractivity contribution in [2.45, 2.75) is 61.9 Å². The third-order valence-corrected chi connectivity index (χ3v) is 12.3. The minimum Gasteiger partial charge on any atom is -0.475 e. The number of thiophene rings is 1. The van der Waals surface area contributed by atoms with Gasteiger partial charge in [-0.3, -0.25) is 14.1 Å². The van der Waals surface area contributed by atoms with Crippen LogP contribution in [0, 0.1) is 0 Å². The van der Waals surface area contributed by atoms with Crippen LogP contribution < -0.4 is 4.31 Å². The predicted molar refractivity (Wildman–Crippen MR) is 187 cm³/mol. The van der Waals surface area contributed by atoms with E-state index in [0.717, 1.165) is 67.5 Å². The number of sulfonamides is 1. The van der Waals surface area contributed by atoms with Crippen LogP contribution in [0.4, 0.5) is 32.0 Å². The molecule has 1 aromatic carbocycles. The average Bonchev–Trinajstić information content (AvgIpc) is 3.90. The van der Waals surface area contributed by atoms with Crippen molar-refractivity contribution in [2.24, 2.45) is 0 Å². The van der Waals surface area contributed by atoms with Crippen molar-refractivity contribution < 1.29 is 59.3 Å². The average molecular weight is 814 g/mol. The molecule has 5 heterocycles. The number of aliphatic carboxylic acids is 2. The highest BCUT2D eigenvalue weighted by atomic mass is 32.2. The Labute approximate surface area is 308 Å². The van der Waals surface area contributed by atoms with Crippen molar-refractivity contribution in [3.05, 3.63) is 52.9 Å². The minimum atomic E-state index is -5.08. The summed E-state index contributed by atoms with van der Waals surface area (Å²) in [7, 11) is -3.68. The van der Waals surface area contributed by atoms with Crippen LogP contribution in [-0.2, 0) is 30.9 Å². The van der Waals surface area contributed by atoms with Crippen LogP contribution in [0.5, 0.6) is 0 Å². The van der Waals surface area contributed by atoms with Crippen LogP contribution >= 0.6 is 22.7 Å². The van der Waals surface area contributed by atoms with Gasteiger partial charge in [0.25, 0.3) is 10.0 Å². The third-order valence-electron chi connectivity index (χ3n) is 7.95. The summed E-state index contributed by atoms with van der Waals surface area (Å²) in [6, 6.07) is 11.1. The standard InChI is InChI=1S/C28H35N5O3S3.2C2HF3O2/c1-20(2)33(39(34,35)26-9-5-15-37-26)25-8-3-6-21-16-24(30-27(21)25)28-29-17-23(38-28)19-32-12-10-31(11-13-32)18-22-7-4-14-36-22;2*3-2(4,5)1(6)7/h3,5-6,8-9,15-17,20,22,30H,4,7,10-14,18-19H2,1-2H3;2*(H,6,7). The van der Waals surface area contributed by atoms with Crippen molar-refractivity contribution in [2.75, 3.05) is 43.6 Å². The SMILES string of the molecule is CC(C)N(c1cccc2cc(-c3ncc(CN4CCN(CC5CCCO5)CC4)s3)[nH]c12)S(=O)(=O)c1cccs1.O=C(O)C(F)(F)F.O=C(O)C(F)(F)F. The number of thiazole rings is 1. The zero-order valence-corrected chi connectivity index (χ0v) is 30.8. The summed E-state index contributed by atoms with van der Waals surface area (Å²) >= 11 is 2.94. The van der Waals surface area contributed by atoms with Crippen molar-refractivity contribution in [1.29, 1.82) is 0 Å². The number of para-hydroxylation sites is 1. The maximum absolute atomic E-state index is 13.6. The van der Waals surface area contributed by atoms with Gasteiger partial charge < -0.3 is 19.9 Å². The summed E-state index contributed by atoms with van der Waals surface area (Å²) in [6.07, 6.45) is -5.38. The number of aromatic nitrogens is 2. The molecule has 0 saturated carbocycles. The summed E-state index contributed by atoms with van der Waals surface area (Å²) in [4.78, 5) is 32.3. The molecular weight excluding hydrogens is 777 g/mol. The maximum Gasteiger partial charge on any atom is 0.490 e. The number of fused-ring (bicyclic) bond motifs is 1. The van der Waals surface area contributed by atoms with Gasteiger partial charge in [0.05, 0.1) is 23.0 Å². The van der Waals surface area contributed by atoms with E-state index in [-0.39, 0.29) is 6.04 Å². The molecule has 6 rings (SSSR count). The van der Waals surface area contributed by atoms with Gasteiger partial charge >= 0.3 is 24.3 Å². The van der Waals surface area contributed by atoms with Gasteiger partial charge in [0.1, 0.15) is 9.22 Å². The molecule has 0 amide bonds. The molecule has 292 valence electrons. The van der Waals surface area contributed by atoms with Gasteiger partial charge in [-0.15, -0.1) is 22.7 Å². The summed E-state index contributed by atoms with van der Waals surface area (Å²) < 4.78 is 98.3. The number of hydrogen-bond acceptors (Lipinski definition) is 10. The highest BCUT2D eigenvalue weighted by Gasteiger charge is 2.39. The van der Waals surface area contributed by atoms with Crippen molar-refractivity contribution in [3.63, 3.8) is 0 Å². The summed E-state index contributed by atoms with van der Waals surface area (Å²) in [5, 5.41) is 17.9. The van der Waals surface area contributed by atoms with Gasteiger partial charge in [-0.1, -0.05) is 18.2 Å². The topological polar surface area (TPSA) is 156 Å². The molecule has 2 saturated heterocycles. The summed E-state index contributed by atoms with van der Waals surface area (Å²) in [6.45, 7) is 11.0. The fraction of sp³-hybridized carbons (Fsp3) is 0.469. The Hall–Kier alpha value is -3.76. The zero-order chi connectivity index (χ0) is 39.1. The van der Waals surface area contributed by atoms with Gasteiger partial charge in [0.2, 0.25) is 0 Å². The van der Waals surface area contributed by atoms with E-state index in [1.54, 1.807) is 28.8 Å². The van der Waals surface area contributed by atoms with Crippen molar-refractivity contribution in [3.8, 4) is 10.7 Å². The maximum atomic E-state index is 13.6. The number of alkyl halides is 6. The highest BCUT2D eigenvalue weighted by Crippen LogP contribution is 2.36. The smallest absolute Gasteiger partial charge is 0.475 e. The van der Waals surface area contributed by atoms with E-state index in [1.807, 2.05) is 38.2 Å². The second kappa shape index (κ2) is 17.6. The Balaban J connectivity index is 0.000000381. The highest BCUT2D eigenvalue weighted by molar-refractivity contribution is 7.94. The van der Waals surface area contributed by atoms with Crippen molar-refractivity contribution >= 4 is 61.2 Å². The first-order valence-electron chi connectivity index (χ1n) is 16.1. The number of halogens is 6. The Kier molecular flexibility index (Phi) is 13.9. The molecule has 2 aliphatic rings. The molecule has 2 fully saturated rings. The van der Waals surface area contributed by atoms with E-state index in [2.05, 4.69) is 20.9 Å². The second-order valence-corrected chi connectivity index (χ2v) is 16.3. The zero-order valence-electron chi connectivity index (χ0n) is 28.4. The van der Waals surface area contributed by atoms with Crippen LogP contribution in [0.3, 0.4) is 0 Å². The number of carbonyl (C=O) groups is 2. The first kappa shape index (κ1) is 42.0. The number of benzene rings is 1. The van der Waals surface area contributed by atoms with Crippen LogP contribution in [0.15, 0.2) is 52.2 Å². The summed E-state index contributed by atoms with van der Waals surface area (Å²) in [5.74, 6) is -5.51. The second-order valence-electron chi connectivity index (χ2n) is 12.2. The van der Waals surface area contributed by atoms with E-state index in [1.165, 1.54) is 33.4 Å². The molecular formula is C32H37F6N5O7S3. The Bertz CT molecular complexity index is 1890. The normalized spacial score (nSPS) is 17.3. The summed E-state index contributed by atoms with van der Waals surface area (Å²) in [5.41, 5.74) is 2.37. The fourth-order valence-corrected chi connectivity index (χ4v) is 9.24. The van der Waals surface area contributed by atoms with Crippen LogP contribution in [0.25, 0.3) is 21.6 Å². The van der Waals surface area contributed by atoms with Crippen LogP contribution in [-0.4, -0.2) is 114 Å². The predicted octanol–water partition coefficient (Wildman–Crippen LogP) is 6.52. The molecule has 4 aromatic rings. The monoisotopic (exact) mass is 813 g/mol. The molecule has 0 bridgehead atoms. The number of nitrogens with one attached hydrogen (secondary N) is 1. The van der Waals surface area contributed by atoms with E-state index in [0.29, 0.717) is 16.0 Å². The molecule has 3 N–H and O–H groups in total. The first-order chi connectivity index (χ1) is 24.8. The van der Waals surface area contributed by atoms with Crippen LogP contribution in [0.2, 0.25) is 0 Å². The van der Waals surface area contributed by atoms with E-state index in [4.69, 9.17) is 29.5 Å².